The average molecular weight is 451 g/mol. The van der Waals surface area contributed by atoms with Gasteiger partial charge in [0.1, 0.15) is 24.3 Å². The monoisotopic (exact) mass is 451 g/mol. The van der Waals surface area contributed by atoms with E-state index in [-0.39, 0.29) is 12.4 Å². The summed E-state index contributed by atoms with van der Waals surface area (Å²) in [4.78, 5) is 19.7. The summed E-state index contributed by atoms with van der Waals surface area (Å²) in [6, 6.07) is 9.32. The summed E-state index contributed by atoms with van der Waals surface area (Å²) in [6.07, 6.45) is -2.97. The van der Waals surface area contributed by atoms with Gasteiger partial charge in [-0.15, -0.1) is 0 Å². The van der Waals surface area contributed by atoms with Crippen LogP contribution in [0, 0.1) is 0 Å². The number of pyridine rings is 1. The highest BCUT2D eigenvalue weighted by Gasteiger charge is 2.31. The van der Waals surface area contributed by atoms with Crippen molar-refractivity contribution in [3.8, 4) is 5.75 Å². The lowest BCUT2D eigenvalue weighted by atomic mass is 10.1. The maximum absolute atomic E-state index is 12.7. The molecule has 6 nitrogen and oxygen atoms in total. The van der Waals surface area contributed by atoms with Gasteiger partial charge in [-0.05, 0) is 49.4 Å². The fourth-order valence-corrected chi connectivity index (χ4v) is 3.61. The molecule has 174 valence electrons. The van der Waals surface area contributed by atoms with Crippen molar-refractivity contribution < 1.29 is 27.8 Å². The Kier molecular flexibility index (Phi) is 8.09. The maximum atomic E-state index is 12.7. The Hall–Kier alpha value is -2.65. The predicted octanol–water partition coefficient (Wildman–Crippen LogP) is 3.65. The molecule has 1 aromatic carbocycles. The summed E-state index contributed by atoms with van der Waals surface area (Å²) in [5.41, 5.74) is -0.121. The van der Waals surface area contributed by atoms with Gasteiger partial charge in [-0.2, -0.15) is 13.2 Å². The highest BCUT2D eigenvalue weighted by molar-refractivity contribution is 5.95. The van der Waals surface area contributed by atoms with Crippen LogP contribution in [0.5, 0.6) is 5.75 Å². The molecule has 2 aromatic rings. The molecule has 1 atom stereocenters. The highest BCUT2D eigenvalue weighted by atomic mass is 19.4. The number of hydrogen-bond donors (Lipinski definition) is 1. The minimum absolute atomic E-state index is 0.0679. The molecule has 0 amide bonds. The third-order valence-electron chi connectivity index (χ3n) is 5.40. The van der Waals surface area contributed by atoms with Gasteiger partial charge in [0.05, 0.1) is 5.56 Å². The zero-order chi connectivity index (χ0) is 23.1. The van der Waals surface area contributed by atoms with Gasteiger partial charge in [0.25, 0.3) is 0 Å². The van der Waals surface area contributed by atoms with E-state index in [4.69, 9.17) is 4.74 Å². The number of β-amino-alcohol motifs (C(OH)–C–C–N with tert-alkyl or cyclic N) is 1. The van der Waals surface area contributed by atoms with Crippen LogP contribution in [0.1, 0.15) is 35.7 Å². The van der Waals surface area contributed by atoms with Crippen LogP contribution in [0.25, 0.3) is 0 Å². The number of aliphatic hydroxyl groups is 1. The van der Waals surface area contributed by atoms with E-state index in [9.17, 15) is 23.1 Å². The van der Waals surface area contributed by atoms with Gasteiger partial charge in [-0.3, -0.25) is 9.69 Å². The number of nitrogens with zero attached hydrogens (tertiary/aromatic N) is 3. The average Bonchev–Trinajstić information content (AvgIpc) is 3.02. The number of ketones is 1. The zero-order valence-corrected chi connectivity index (χ0v) is 18.0. The number of rotatable bonds is 8. The molecule has 0 radical (unpaired) electrons. The minimum Gasteiger partial charge on any atom is -0.491 e. The quantitative estimate of drug-likeness (QED) is 0.619. The van der Waals surface area contributed by atoms with E-state index in [0.29, 0.717) is 49.7 Å². The standard InChI is InChI=1S/C23H28F3N3O3/c1-2-21(31)17-4-7-20(8-5-17)32-16-19(30)15-28-10-3-11-29(13-12-28)22-9-6-18(14-27-22)23(24,25)26/h4-9,14,19,30H,2-3,10-13,15-16H2,1H3. The van der Waals surface area contributed by atoms with Gasteiger partial charge in [0.15, 0.2) is 5.78 Å². The summed E-state index contributed by atoms with van der Waals surface area (Å²) in [5, 5.41) is 10.4. The van der Waals surface area contributed by atoms with Crippen LogP contribution in [0.15, 0.2) is 42.6 Å². The SMILES string of the molecule is CCC(=O)c1ccc(OCC(O)CN2CCCN(c3ccc(C(F)(F)F)cn3)CC2)cc1. The van der Waals surface area contributed by atoms with E-state index < -0.39 is 17.8 Å². The Labute approximate surface area is 185 Å². The Balaban J connectivity index is 1.45. The predicted molar refractivity (Wildman–Crippen MR) is 115 cm³/mol. The summed E-state index contributed by atoms with van der Waals surface area (Å²) >= 11 is 0. The number of ether oxygens (including phenoxy) is 1. The molecule has 1 saturated heterocycles. The van der Waals surface area contributed by atoms with Gasteiger partial charge in [-0.1, -0.05) is 6.92 Å². The number of aliphatic hydroxyl groups excluding tert-OH is 1. The Morgan fingerprint density at radius 2 is 1.88 bits per heavy atom. The van der Waals surface area contributed by atoms with Crippen LogP contribution in [0.2, 0.25) is 0 Å². The number of Topliss-reactive ketones (excluding diaryl/α,β-unsaturated/α-hetero) is 1. The molecule has 32 heavy (non-hydrogen) atoms. The molecule has 1 aliphatic heterocycles. The van der Waals surface area contributed by atoms with Gasteiger partial charge in [0.2, 0.25) is 0 Å². The summed E-state index contributed by atoms with van der Waals surface area (Å²) in [7, 11) is 0. The second-order valence-electron chi connectivity index (χ2n) is 7.81. The van der Waals surface area contributed by atoms with Crippen LogP contribution in [0.4, 0.5) is 19.0 Å². The van der Waals surface area contributed by atoms with E-state index in [0.717, 1.165) is 25.2 Å². The second-order valence-corrected chi connectivity index (χ2v) is 7.81. The molecule has 3 rings (SSSR count). The fraction of sp³-hybridized carbons (Fsp3) is 0.478. The third-order valence-corrected chi connectivity index (χ3v) is 5.40. The van der Waals surface area contributed by atoms with Gasteiger partial charge >= 0.3 is 6.18 Å². The first kappa shape index (κ1) is 24.0. The number of benzene rings is 1. The van der Waals surface area contributed by atoms with Crippen molar-refractivity contribution in [3.63, 3.8) is 0 Å². The summed E-state index contributed by atoms with van der Waals surface area (Å²) in [6.45, 7) is 5.09. The van der Waals surface area contributed by atoms with Gasteiger partial charge in [0, 0.05) is 44.4 Å². The van der Waals surface area contributed by atoms with Crippen molar-refractivity contribution in [2.45, 2.75) is 32.0 Å². The van der Waals surface area contributed by atoms with Crippen molar-refractivity contribution in [1.82, 2.24) is 9.88 Å². The zero-order valence-electron chi connectivity index (χ0n) is 18.0. The molecule has 0 saturated carbocycles. The largest absolute Gasteiger partial charge is 0.491 e. The third kappa shape index (κ3) is 6.67. The normalized spacial score (nSPS) is 16.5. The van der Waals surface area contributed by atoms with Crippen molar-refractivity contribution >= 4 is 11.6 Å². The van der Waals surface area contributed by atoms with Crippen molar-refractivity contribution in [1.29, 1.82) is 0 Å². The molecule has 1 unspecified atom stereocenters. The molecule has 0 bridgehead atoms. The molecule has 0 spiro atoms. The molecule has 1 N–H and O–H groups in total. The van der Waals surface area contributed by atoms with Crippen LogP contribution in [0.3, 0.4) is 0 Å². The second kappa shape index (κ2) is 10.8. The first-order valence-electron chi connectivity index (χ1n) is 10.7. The number of carbonyl (C=O) groups is 1. The van der Waals surface area contributed by atoms with Crippen molar-refractivity contribution in [2.24, 2.45) is 0 Å². The lowest BCUT2D eigenvalue weighted by Gasteiger charge is -2.24. The van der Waals surface area contributed by atoms with E-state index in [1.807, 2.05) is 11.8 Å². The lowest BCUT2D eigenvalue weighted by Crippen LogP contribution is -2.38. The lowest BCUT2D eigenvalue weighted by molar-refractivity contribution is -0.137. The van der Waals surface area contributed by atoms with E-state index in [1.165, 1.54) is 6.07 Å². The van der Waals surface area contributed by atoms with Crippen LogP contribution < -0.4 is 9.64 Å². The molecule has 2 heterocycles. The van der Waals surface area contributed by atoms with E-state index in [2.05, 4.69) is 9.88 Å². The number of carbonyl (C=O) groups excluding carboxylic acids is 1. The number of alkyl halides is 3. The number of halogens is 3. The maximum Gasteiger partial charge on any atom is 0.417 e. The molecule has 1 aromatic heterocycles. The summed E-state index contributed by atoms with van der Waals surface area (Å²) in [5.74, 6) is 1.18. The Morgan fingerprint density at radius 1 is 1.12 bits per heavy atom. The molecular weight excluding hydrogens is 423 g/mol. The topological polar surface area (TPSA) is 65.9 Å². The Bertz CT molecular complexity index is 873. The van der Waals surface area contributed by atoms with E-state index in [1.54, 1.807) is 24.3 Å². The van der Waals surface area contributed by atoms with Gasteiger partial charge in [-0.25, -0.2) is 4.98 Å². The first-order valence-corrected chi connectivity index (χ1v) is 10.7. The highest BCUT2D eigenvalue weighted by Crippen LogP contribution is 2.29. The first-order chi connectivity index (χ1) is 15.3. The number of hydrogen-bond acceptors (Lipinski definition) is 6. The van der Waals surface area contributed by atoms with Gasteiger partial charge < -0.3 is 14.7 Å². The van der Waals surface area contributed by atoms with Crippen LogP contribution in [-0.2, 0) is 6.18 Å². The number of aromatic nitrogens is 1. The minimum atomic E-state index is -4.39. The molecule has 0 aliphatic carbocycles. The van der Waals surface area contributed by atoms with Crippen molar-refractivity contribution in [2.75, 3.05) is 44.2 Å². The molecular formula is C23H28F3N3O3. The smallest absolute Gasteiger partial charge is 0.417 e. The number of anilines is 1. The van der Waals surface area contributed by atoms with E-state index >= 15 is 0 Å². The Morgan fingerprint density at radius 3 is 2.50 bits per heavy atom. The fourth-order valence-electron chi connectivity index (χ4n) is 3.61. The van der Waals surface area contributed by atoms with Crippen molar-refractivity contribution in [3.05, 3.63) is 53.7 Å². The summed E-state index contributed by atoms with van der Waals surface area (Å²) < 4.78 is 43.8. The van der Waals surface area contributed by atoms with Crippen LogP contribution >= 0.6 is 0 Å². The molecule has 1 fully saturated rings. The molecule has 9 heteroatoms. The van der Waals surface area contributed by atoms with Crippen LogP contribution in [-0.4, -0.2) is 66.2 Å². The molecule has 1 aliphatic rings.